The molecule has 0 aliphatic carbocycles. The summed E-state index contributed by atoms with van der Waals surface area (Å²) in [5.41, 5.74) is 0.277. The quantitative estimate of drug-likeness (QED) is 0.309. The van der Waals surface area contributed by atoms with E-state index in [4.69, 9.17) is 19.7 Å². The first-order chi connectivity index (χ1) is 9.67. The zero-order valence-corrected chi connectivity index (χ0v) is 11.6. The summed E-state index contributed by atoms with van der Waals surface area (Å²) in [6, 6.07) is 0. The molecular formula is C13H22N2O5. The van der Waals surface area contributed by atoms with Crippen molar-refractivity contribution in [3.8, 4) is 0 Å². The minimum absolute atomic E-state index is 0.235. The first kappa shape index (κ1) is 16.5. The summed E-state index contributed by atoms with van der Waals surface area (Å²) >= 11 is 0. The van der Waals surface area contributed by atoms with Gasteiger partial charge in [-0.15, -0.1) is 0 Å². The van der Waals surface area contributed by atoms with Crippen molar-refractivity contribution in [2.45, 2.75) is 6.10 Å². The Hall–Kier alpha value is -1.57. The number of morpholine rings is 1. The molecule has 1 aliphatic heterocycles. The molecule has 0 aromatic rings. The van der Waals surface area contributed by atoms with E-state index in [9.17, 15) is 4.79 Å². The summed E-state index contributed by atoms with van der Waals surface area (Å²) in [5.74, 6) is -0.577. The molecule has 1 rings (SSSR count). The Morgan fingerprint density at radius 1 is 1.50 bits per heavy atom. The number of aliphatic hydroxyl groups excluding tert-OH is 2. The Morgan fingerprint density at radius 2 is 2.20 bits per heavy atom. The molecule has 0 radical (unpaired) electrons. The number of nitrogens with zero attached hydrogens (tertiary/aromatic N) is 1. The summed E-state index contributed by atoms with van der Waals surface area (Å²) in [6.07, 6.45) is 4.18. The van der Waals surface area contributed by atoms with Gasteiger partial charge in [0, 0.05) is 20.1 Å². The third-order valence-electron chi connectivity index (χ3n) is 2.71. The molecule has 1 heterocycles. The van der Waals surface area contributed by atoms with Crippen LogP contribution in [0.4, 0.5) is 0 Å². The molecule has 1 fully saturated rings. The van der Waals surface area contributed by atoms with E-state index in [0.717, 1.165) is 13.1 Å². The topological polar surface area (TPSA) is 91.3 Å². The Morgan fingerprint density at radius 3 is 2.80 bits per heavy atom. The number of hydrogen-bond acceptors (Lipinski definition) is 7. The minimum Gasteiger partial charge on any atom is -0.458 e. The molecule has 1 saturated heterocycles. The molecule has 20 heavy (non-hydrogen) atoms. The number of rotatable bonds is 7. The molecule has 1 unspecified atom stereocenters. The fourth-order valence-corrected chi connectivity index (χ4v) is 1.54. The fraction of sp³-hybridized carbons (Fsp3) is 0.615. The van der Waals surface area contributed by atoms with Gasteiger partial charge in [-0.2, -0.15) is 0 Å². The number of aliphatic hydroxyl groups is 2. The van der Waals surface area contributed by atoms with E-state index in [1.807, 2.05) is 6.20 Å². The van der Waals surface area contributed by atoms with Crippen LogP contribution < -0.4 is 5.32 Å². The Balaban J connectivity index is 2.44. The zero-order valence-electron chi connectivity index (χ0n) is 11.6. The van der Waals surface area contributed by atoms with Gasteiger partial charge in [-0.1, -0.05) is 0 Å². The highest BCUT2D eigenvalue weighted by atomic mass is 16.5. The summed E-state index contributed by atoms with van der Waals surface area (Å²) in [5, 5.41) is 20.5. The lowest BCUT2D eigenvalue weighted by atomic mass is 10.3. The molecule has 7 nitrogen and oxygen atoms in total. The molecule has 114 valence electrons. The maximum absolute atomic E-state index is 11.7. The fourth-order valence-electron chi connectivity index (χ4n) is 1.54. The summed E-state index contributed by atoms with van der Waals surface area (Å²) in [7, 11) is 1.61. The van der Waals surface area contributed by atoms with Crippen LogP contribution in [0.1, 0.15) is 0 Å². The second kappa shape index (κ2) is 9.35. The maximum atomic E-state index is 11.7. The van der Waals surface area contributed by atoms with E-state index in [-0.39, 0.29) is 12.3 Å². The summed E-state index contributed by atoms with van der Waals surface area (Å²) < 4.78 is 10.1. The lowest BCUT2D eigenvalue weighted by Crippen LogP contribution is -2.32. The lowest BCUT2D eigenvalue weighted by Gasteiger charge is -2.24. The van der Waals surface area contributed by atoms with Crippen molar-refractivity contribution in [3.05, 3.63) is 24.0 Å². The normalized spacial score (nSPS) is 18.1. The van der Waals surface area contributed by atoms with Crippen molar-refractivity contribution in [2.24, 2.45) is 0 Å². The third kappa shape index (κ3) is 6.05. The molecule has 7 heteroatoms. The van der Waals surface area contributed by atoms with Crippen molar-refractivity contribution in [3.63, 3.8) is 0 Å². The van der Waals surface area contributed by atoms with Crippen molar-refractivity contribution in [1.82, 2.24) is 10.2 Å². The van der Waals surface area contributed by atoms with Gasteiger partial charge in [0.15, 0.2) is 0 Å². The molecule has 1 aliphatic rings. The average molecular weight is 286 g/mol. The van der Waals surface area contributed by atoms with Gasteiger partial charge < -0.3 is 29.9 Å². The van der Waals surface area contributed by atoms with Crippen molar-refractivity contribution >= 4 is 5.97 Å². The Bertz CT molecular complexity index is 351. The van der Waals surface area contributed by atoms with Crippen LogP contribution in [-0.4, -0.2) is 73.8 Å². The van der Waals surface area contributed by atoms with E-state index in [1.54, 1.807) is 19.2 Å². The predicted molar refractivity (Wildman–Crippen MR) is 72.7 cm³/mol. The largest absolute Gasteiger partial charge is 0.458 e. The standard InChI is InChI=1S/C13H22N2O5/c1-14-12(13(18)20-10-11(17)9-16)3-2-4-15-5-7-19-8-6-15/h2-4,11,14,16-17H,5-10H2,1H3/b4-2+,12-3-. The van der Waals surface area contributed by atoms with Crippen LogP contribution in [0.3, 0.4) is 0 Å². The second-order valence-electron chi connectivity index (χ2n) is 4.26. The monoisotopic (exact) mass is 286 g/mol. The van der Waals surface area contributed by atoms with Crippen molar-refractivity contribution < 1.29 is 24.5 Å². The minimum atomic E-state index is -1.05. The second-order valence-corrected chi connectivity index (χ2v) is 4.26. The molecule has 3 N–H and O–H groups in total. The van der Waals surface area contributed by atoms with Crippen LogP contribution in [0, 0.1) is 0 Å². The first-order valence-electron chi connectivity index (χ1n) is 6.51. The van der Waals surface area contributed by atoms with Gasteiger partial charge in [-0.05, 0) is 18.4 Å². The zero-order chi connectivity index (χ0) is 14.8. The van der Waals surface area contributed by atoms with Crippen LogP contribution in [0.15, 0.2) is 24.0 Å². The number of carbonyl (C=O) groups is 1. The molecule has 0 bridgehead atoms. The molecular weight excluding hydrogens is 264 g/mol. The highest BCUT2D eigenvalue weighted by Crippen LogP contribution is 2.00. The van der Waals surface area contributed by atoms with Crippen LogP contribution in [0.2, 0.25) is 0 Å². The van der Waals surface area contributed by atoms with Gasteiger partial charge in [-0.3, -0.25) is 0 Å². The third-order valence-corrected chi connectivity index (χ3v) is 2.71. The van der Waals surface area contributed by atoms with Crippen LogP contribution >= 0.6 is 0 Å². The first-order valence-corrected chi connectivity index (χ1v) is 6.51. The summed E-state index contributed by atoms with van der Waals surface area (Å²) in [4.78, 5) is 13.8. The summed E-state index contributed by atoms with van der Waals surface area (Å²) in [6.45, 7) is 2.38. The van der Waals surface area contributed by atoms with E-state index in [1.165, 1.54) is 0 Å². The molecule has 0 spiro atoms. The molecule has 1 atom stereocenters. The predicted octanol–water partition coefficient (Wildman–Crippen LogP) is -1.17. The van der Waals surface area contributed by atoms with Gasteiger partial charge in [0.05, 0.1) is 19.8 Å². The van der Waals surface area contributed by atoms with Crippen molar-refractivity contribution in [1.29, 1.82) is 0 Å². The van der Waals surface area contributed by atoms with Crippen LogP contribution in [0.25, 0.3) is 0 Å². The van der Waals surface area contributed by atoms with Gasteiger partial charge in [0.25, 0.3) is 0 Å². The van der Waals surface area contributed by atoms with Gasteiger partial charge in [0.2, 0.25) is 0 Å². The van der Waals surface area contributed by atoms with E-state index in [2.05, 4.69) is 10.2 Å². The van der Waals surface area contributed by atoms with Crippen LogP contribution in [-0.2, 0) is 14.3 Å². The molecule has 0 aromatic carbocycles. The molecule has 0 amide bonds. The number of allylic oxidation sites excluding steroid dienone is 2. The highest BCUT2D eigenvalue weighted by molar-refractivity contribution is 5.88. The van der Waals surface area contributed by atoms with E-state index < -0.39 is 18.7 Å². The number of hydrogen-bond donors (Lipinski definition) is 3. The number of ether oxygens (including phenoxy) is 2. The lowest BCUT2D eigenvalue weighted by molar-refractivity contribution is -0.143. The van der Waals surface area contributed by atoms with E-state index in [0.29, 0.717) is 13.2 Å². The smallest absolute Gasteiger partial charge is 0.354 e. The van der Waals surface area contributed by atoms with Crippen LogP contribution in [0.5, 0.6) is 0 Å². The highest BCUT2D eigenvalue weighted by Gasteiger charge is 2.11. The van der Waals surface area contributed by atoms with Gasteiger partial charge >= 0.3 is 5.97 Å². The molecule has 0 saturated carbocycles. The number of likely N-dealkylation sites (N-methyl/N-ethyl adjacent to an activating group) is 1. The van der Waals surface area contributed by atoms with Gasteiger partial charge in [-0.25, -0.2) is 4.79 Å². The Labute approximate surface area is 118 Å². The number of carbonyl (C=O) groups excluding carboxylic acids is 1. The van der Waals surface area contributed by atoms with E-state index >= 15 is 0 Å². The molecule has 0 aromatic heterocycles. The number of nitrogens with one attached hydrogen (secondary N) is 1. The SMILES string of the molecule is CN/C(=C\C=C\N1CCOCC1)C(=O)OCC(O)CO. The number of esters is 1. The maximum Gasteiger partial charge on any atom is 0.354 e. The van der Waals surface area contributed by atoms with Crippen molar-refractivity contribution in [2.75, 3.05) is 46.6 Å². The average Bonchev–Trinajstić information content (AvgIpc) is 2.49. The Kier molecular flexibility index (Phi) is 7.71. The van der Waals surface area contributed by atoms with Gasteiger partial charge in [0.1, 0.15) is 18.4 Å².